The van der Waals surface area contributed by atoms with Gasteiger partial charge in [-0.15, -0.1) is 12.4 Å². The molecule has 2 aliphatic heterocycles. The first-order valence-electron chi connectivity index (χ1n) is 8.20. The minimum atomic E-state index is 0. The Balaban J connectivity index is 0.00000180. The van der Waals surface area contributed by atoms with E-state index in [0.29, 0.717) is 0 Å². The van der Waals surface area contributed by atoms with Gasteiger partial charge in [-0.05, 0) is 70.0 Å². The zero-order chi connectivity index (χ0) is 12.8. The average molecular weight is 289 g/mol. The van der Waals surface area contributed by atoms with E-state index in [2.05, 4.69) is 24.1 Å². The van der Waals surface area contributed by atoms with Crippen LogP contribution in [-0.2, 0) is 0 Å². The highest BCUT2D eigenvalue weighted by molar-refractivity contribution is 5.85. The van der Waals surface area contributed by atoms with Gasteiger partial charge < -0.3 is 10.2 Å². The number of halogens is 1. The molecule has 0 spiro atoms. The number of likely N-dealkylation sites (tertiary alicyclic amines) is 1. The Morgan fingerprint density at radius 3 is 2.53 bits per heavy atom. The Hall–Kier alpha value is 0.210. The van der Waals surface area contributed by atoms with Crippen molar-refractivity contribution in [3.63, 3.8) is 0 Å². The lowest BCUT2D eigenvalue weighted by Gasteiger charge is -2.39. The molecule has 3 heteroatoms. The van der Waals surface area contributed by atoms with E-state index in [0.717, 1.165) is 17.9 Å². The molecule has 0 amide bonds. The second-order valence-corrected chi connectivity index (χ2v) is 6.81. The quantitative estimate of drug-likeness (QED) is 0.830. The first kappa shape index (κ1) is 17.3. The fraction of sp³-hybridized carbons (Fsp3) is 1.00. The molecule has 0 radical (unpaired) electrons. The van der Waals surface area contributed by atoms with Crippen LogP contribution in [0.4, 0.5) is 0 Å². The van der Waals surface area contributed by atoms with Crippen molar-refractivity contribution in [2.24, 2.45) is 11.8 Å². The molecule has 2 nitrogen and oxygen atoms in total. The molecule has 2 rings (SSSR count). The average Bonchev–Trinajstić information content (AvgIpc) is 2.39. The molecule has 2 heterocycles. The van der Waals surface area contributed by atoms with Crippen molar-refractivity contribution in [3.05, 3.63) is 0 Å². The summed E-state index contributed by atoms with van der Waals surface area (Å²) >= 11 is 0. The number of nitrogens with one attached hydrogen (secondary N) is 1. The Morgan fingerprint density at radius 1 is 1.11 bits per heavy atom. The normalized spacial score (nSPS) is 26.4. The van der Waals surface area contributed by atoms with Gasteiger partial charge in [0.05, 0.1) is 0 Å². The molecule has 0 saturated carbocycles. The van der Waals surface area contributed by atoms with Gasteiger partial charge in [-0.3, -0.25) is 0 Å². The summed E-state index contributed by atoms with van der Waals surface area (Å²) in [7, 11) is 0. The van der Waals surface area contributed by atoms with Crippen LogP contribution in [0.3, 0.4) is 0 Å². The molecule has 2 aliphatic rings. The molecule has 114 valence electrons. The second kappa shape index (κ2) is 9.20. The van der Waals surface area contributed by atoms with E-state index in [1.165, 1.54) is 71.1 Å². The highest BCUT2D eigenvalue weighted by atomic mass is 35.5. The zero-order valence-corrected chi connectivity index (χ0v) is 13.7. The van der Waals surface area contributed by atoms with Crippen LogP contribution in [0.1, 0.15) is 58.8 Å². The Labute approximate surface area is 126 Å². The molecule has 0 bridgehead atoms. The number of nitrogens with zero attached hydrogens (tertiary/aromatic N) is 1. The van der Waals surface area contributed by atoms with Crippen molar-refractivity contribution < 1.29 is 0 Å². The Kier molecular flexibility index (Phi) is 8.36. The number of hydrogen-bond acceptors (Lipinski definition) is 2. The largest absolute Gasteiger partial charge is 0.317 e. The summed E-state index contributed by atoms with van der Waals surface area (Å²) in [4.78, 5) is 2.84. The molecular formula is C16H33ClN2. The highest BCUT2D eigenvalue weighted by Crippen LogP contribution is 2.25. The molecule has 0 aromatic heterocycles. The Morgan fingerprint density at radius 2 is 1.84 bits per heavy atom. The van der Waals surface area contributed by atoms with Gasteiger partial charge in [-0.1, -0.05) is 20.3 Å². The van der Waals surface area contributed by atoms with Gasteiger partial charge in [0.25, 0.3) is 0 Å². The standard InChI is InChI=1S/C16H32N2.ClH/c1-14(2)6-7-16-5-3-4-12-18(16)13-15-8-10-17-11-9-15;/h14-17H,3-13H2,1-2H3;1H. The smallest absolute Gasteiger partial charge is 0.00954 e. The van der Waals surface area contributed by atoms with Crippen molar-refractivity contribution in [2.45, 2.75) is 64.8 Å². The zero-order valence-electron chi connectivity index (χ0n) is 12.9. The van der Waals surface area contributed by atoms with Crippen LogP contribution in [0.2, 0.25) is 0 Å². The predicted octanol–water partition coefficient (Wildman–Crippen LogP) is 3.70. The molecule has 2 saturated heterocycles. The van der Waals surface area contributed by atoms with Gasteiger partial charge in [-0.25, -0.2) is 0 Å². The maximum atomic E-state index is 3.48. The molecule has 1 unspecified atom stereocenters. The van der Waals surface area contributed by atoms with Crippen molar-refractivity contribution in [1.29, 1.82) is 0 Å². The Bertz CT molecular complexity index is 227. The first-order chi connectivity index (χ1) is 8.75. The summed E-state index contributed by atoms with van der Waals surface area (Å²) in [6.07, 6.45) is 9.99. The van der Waals surface area contributed by atoms with E-state index in [1.807, 2.05) is 0 Å². The lowest BCUT2D eigenvalue weighted by atomic mass is 9.91. The van der Waals surface area contributed by atoms with E-state index in [4.69, 9.17) is 0 Å². The van der Waals surface area contributed by atoms with Crippen molar-refractivity contribution >= 4 is 12.4 Å². The van der Waals surface area contributed by atoms with E-state index in [1.54, 1.807) is 0 Å². The van der Waals surface area contributed by atoms with Crippen molar-refractivity contribution in [3.8, 4) is 0 Å². The molecule has 1 atom stereocenters. The summed E-state index contributed by atoms with van der Waals surface area (Å²) in [6.45, 7) is 9.96. The summed E-state index contributed by atoms with van der Waals surface area (Å²) in [5.74, 6) is 1.83. The van der Waals surface area contributed by atoms with Crippen LogP contribution < -0.4 is 5.32 Å². The third-order valence-electron chi connectivity index (χ3n) is 4.78. The van der Waals surface area contributed by atoms with Gasteiger partial charge in [-0.2, -0.15) is 0 Å². The first-order valence-corrected chi connectivity index (χ1v) is 8.20. The van der Waals surface area contributed by atoms with E-state index >= 15 is 0 Å². The molecule has 1 N–H and O–H groups in total. The van der Waals surface area contributed by atoms with Crippen LogP contribution in [0, 0.1) is 11.8 Å². The van der Waals surface area contributed by atoms with Crippen LogP contribution in [0.5, 0.6) is 0 Å². The summed E-state index contributed by atoms with van der Waals surface area (Å²) in [5.41, 5.74) is 0. The van der Waals surface area contributed by atoms with Crippen molar-refractivity contribution in [1.82, 2.24) is 10.2 Å². The lowest BCUT2D eigenvalue weighted by Crippen LogP contribution is -2.44. The van der Waals surface area contributed by atoms with Crippen molar-refractivity contribution in [2.75, 3.05) is 26.2 Å². The lowest BCUT2D eigenvalue weighted by molar-refractivity contribution is 0.105. The minimum Gasteiger partial charge on any atom is -0.317 e. The van der Waals surface area contributed by atoms with Gasteiger partial charge >= 0.3 is 0 Å². The third kappa shape index (κ3) is 6.01. The van der Waals surface area contributed by atoms with Crippen LogP contribution >= 0.6 is 12.4 Å². The highest BCUT2D eigenvalue weighted by Gasteiger charge is 2.25. The summed E-state index contributed by atoms with van der Waals surface area (Å²) < 4.78 is 0. The van der Waals surface area contributed by atoms with Gasteiger partial charge in [0.2, 0.25) is 0 Å². The van der Waals surface area contributed by atoms with Gasteiger partial charge in [0, 0.05) is 12.6 Å². The van der Waals surface area contributed by atoms with Gasteiger partial charge in [0.1, 0.15) is 0 Å². The maximum Gasteiger partial charge on any atom is 0.00954 e. The summed E-state index contributed by atoms with van der Waals surface area (Å²) in [6, 6.07) is 0.899. The fourth-order valence-electron chi connectivity index (χ4n) is 3.55. The number of hydrogen-bond donors (Lipinski definition) is 1. The van der Waals surface area contributed by atoms with Crippen LogP contribution in [0.15, 0.2) is 0 Å². The fourth-order valence-corrected chi connectivity index (χ4v) is 3.55. The monoisotopic (exact) mass is 288 g/mol. The molecule has 2 fully saturated rings. The van der Waals surface area contributed by atoms with Crippen LogP contribution in [-0.4, -0.2) is 37.1 Å². The van der Waals surface area contributed by atoms with E-state index < -0.39 is 0 Å². The van der Waals surface area contributed by atoms with E-state index in [9.17, 15) is 0 Å². The SMILES string of the molecule is CC(C)CCC1CCCCN1CC1CCNCC1.Cl. The maximum absolute atomic E-state index is 3.48. The minimum absolute atomic E-state index is 0. The molecule has 0 aromatic carbocycles. The topological polar surface area (TPSA) is 15.3 Å². The number of piperidine rings is 2. The molecule has 0 aromatic rings. The molecule has 0 aliphatic carbocycles. The number of rotatable bonds is 5. The molecule has 19 heavy (non-hydrogen) atoms. The van der Waals surface area contributed by atoms with Crippen LogP contribution in [0.25, 0.3) is 0 Å². The van der Waals surface area contributed by atoms with E-state index in [-0.39, 0.29) is 12.4 Å². The molecular weight excluding hydrogens is 256 g/mol. The van der Waals surface area contributed by atoms with Gasteiger partial charge in [0.15, 0.2) is 0 Å². The second-order valence-electron chi connectivity index (χ2n) is 6.81. The third-order valence-corrected chi connectivity index (χ3v) is 4.78. The predicted molar refractivity (Wildman–Crippen MR) is 86.1 cm³/mol. The summed E-state index contributed by atoms with van der Waals surface area (Å²) in [5, 5.41) is 3.48.